The molecule has 1 aliphatic carbocycles. The topological polar surface area (TPSA) is 17.1 Å². The first-order chi connectivity index (χ1) is 5.67. The van der Waals surface area contributed by atoms with Crippen molar-refractivity contribution in [3.63, 3.8) is 0 Å². The summed E-state index contributed by atoms with van der Waals surface area (Å²) in [6.07, 6.45) is 8.24. The van der Waals surface area contributed by atoms with Gasteiger partial charge in [0.15, 0.2) is 0 Å². The van der Waals surface area contributed by atoms with Crippen LogP contribution in [0.4, 0.5) is 0 Å². The van der Waals surface area contributed by atoms with Crippen LogP contribution in [0.25, 0.3) is 0 Å². The highest BCUT2D eigenvalue weighted by atomic mass is 16.1. The number of hydrogen-bond donors (Lipinski definition) is 0. The van der Waals surface area contributed by atoms with Crippen LogP contribution in [0.15, 0.2) is 0 Å². The third-order valence-electron chi connectivity index (χ3n) is 3.09. The monoisotopic (exact) mass is 168 g/mol. The quantitative estimate of drug-likeness (QED) is 0.440. The Bertz CT molecular complexity index is 149. The van der Waals surface area contributed by atoms with Crippen LogP contribution >= 0.6 is 0 Å². The zero-order valence-electron chi connectivity index (χ0n) is 8.31. The van der Waals surface area contributed by atoms with Crippen molar-refractivity contribution in [3.8, 4) is 0 Å². The van der Waals surface area contributed by atoms with Crippen molar-refractivity contribution in [1.82, 2.24) is 0 Å². The summed E-state index contributed by atoms with van der Waals surface area (Å²) in [5.74, 6) is 0.980. The lowest BCUT2D eigenvalue weighted by atomic mass is 10.0. The lowest BCUT2D eigenvalue weighted by molar-refractivity contribution is -0.107. The molecule has 70 valence electrons. The third kappa shape index (κ3) is 2.96. The number of carbonyl (C=O) groups is 1. The molecule has 1 unspecified atom stereocenters. The van der Waals surface area contributed by atoms with Crippen LogP contribution in [0.3, 0.4) is 0 Å². The summed E-state index contributed by atoms with van der Waals surface area (Å²) in [6, 6.07) is 0. The molecule has 12 heavy (non-hydrogen) atoms. The molecule has 1 saturated carbocycles. The highest BCUT2D eigenvalue weighted by molar-refractivity contribution is 5.48. The molecule has 1 fully saturated rings. The minimum atomic E-state index is 0.644. The molecule has 0 heterocycles. The number of aldehydes is 1. The lowest BCUT2D eigenvalue weighted by Crippen LogP contribution is -1.90. The van der Waals surface area contributed by atoms with Gasteiger partial charge in [0, 0.05) is 6.42 Å². The zero-order valence-corrected chi connectivity index (χ0v) is 8.31. The van der Waals surface area contributed by atoms with E-state index in [9.17, 15) is 4.79 Å². The van der Waals surface area contributed by atoms with Crippen molar-refractivity contribution >= 4 is 6.29 Å². The first kappa shape index (κ1) is 9.76. The van der Waals surface area contributed by atoms with Gasteiger partial charge in [-0.15, -0.1) is 0 Å². The smallest absolute Gasteiger partial charge is 0.119 e. The van der Waals surface area contributed by atoms with E-state index in [0.29, 0.717) is 5.41 Å². The van der Waals surface area contributed by atoms with Gasteiger partial charge in [0.25, 0.3) is 0 Å². The average molecular weight is 168 g/mol. The van der Waals surface area contributed by atoms with Crippen molar-refractivity contribution in [2.24, 2.45) is 11.3 Å². The number of rotatable bonds is 6. The van der Waals surface area contributed by atoms with Gasteiger partial charge in [0.05, 0.1) is 0 Å². The summed E-state index contributed by atoms with van der Waals surface area (Å²) in [5, 5.41) is 0. The second-order valence-corrected chi connectivity index (χ2v) is 4.69. The fourth-order valence-electron chi connectivity index (χ4n) is 1.86. The first-order valence-electron chi connectivity index (χ1n) is 5.10. The fourth-order valence-corrected chi connectivity index (χ4v) is 1.86. The molecule has 0 spiro atoms. The van der Waals surface area contributed by atoms with Crippen molar-refractivity contribution in [1.29, 1.82) is 0 Å². The van der Waals surface area contributed by atoms with Crippen LogP contribution in [-0.4, -0.2) is 6.29 Å². The number of hydrogen-bond acceptors (Lipinski definition) is 1. The van der Waals surface area contributed by atoms with Crippen LogP contribution < -0.4 is 0 Å². The molecule has 0 aromatic heterocycles. The van der Waals surface area contributed by atoms with Gasteiger partial charge >= 0.3 is 0 Å². The molecule has 0 aliphatic heterocycles. The normalized spacial score (nSPS) is 25.3. The molecule has 0 saturated heterocycles. The van der Waals surface area contributed by atoms with Gasteiger partial charge in [-0.2, -0.15) is 0 Å². The lowest BCUT2D eigenvalue weighted by Gasteiger charge is -2.01. The molecule has 0 aromatic rings. The molecule has 0 N–H and O–H groups in total. The molecular weight excluding hydrogens is 148 g/mol. The van der Waals surface area contributed by atoms with E-state index in [1.807, 2.05) is 0 Å². The standard InChI is InChI=1S/C11H20O/c1-11(2)9-10(11)7-5-3-4-6-8-12/h8,10H,3-7,9H2,1-2H3. The van der Waals surface area contributed by atoms with Crippen molar-refractivity contribution in [2.45, 2.75) is 52.4 Å². The average Bonchev–Trinajstić information content (AvgIpc) is 2.59. The number of unbranched alkanes of at least 4 members (excludes halogenated alkanes) is 3. The van der Waals surface area contributed by atoms with Gasteiger partial charge in [0.1, 0.15) is 6.29 Å². The van der Waals surface area contributed by atoms with Gasteiger partial charge in [0.2, 0.25) is 0 Å². The Morgan fingerprint density at radius 3 is 2.50 bits per heavy atom. The molecule has 0 radical (unpaired) electrons. The molecule has 1 heteroatoms. The Balaban J connectivity index is 1.88. The minimum Gasteiger partial charge on any atom is -0.303 e. The minimum absolute atomic E-state index is 0.644. The molecule has 1 nitrogen and oxygen atoms in total. The Morgan fingerprint density at radius 2 is 2.00 bits per heavy atom. The summed E-state index contributed by atoms with van der Waals surface area (Å²) in [7, 11) is 0. The Morgan fingerprint density at radius 1 is 1.33 bits per heavy atom. The molecular formula is C11H20O. The largest absolute Gasteiger partial charge is 0.303 e. The maximum Gasteiger partial charge on any atom is 0.119 e. The predicted molar refractivity (Wildman–Crippen MR) is 51.0 cm³/mol. The molecule has 1 atom stereocenters. The van der Waals surface area contributed by atoms with E-state index >= 15 is 0 Å². The summed E-state index contributed by atoms with van der Waals surface area (Å²) in [5.41, 5.74) is 0.644. The second-order valence-electron chi connectivity index (χ2n) is 4.69. The van der Waals surface area contributed by atoms with Crippen LogP contribution in [0.2, 0.25) is 0 Å². The summed E-state index contributed by atoms with van der Waals surface area (Å²) in [4.78, 5) is 10.0. The Labute approximate surface area is 75.5 Å². The van der Waals surface area contributed by atoms with Crippen LogP contribution in [0.1, 0.15) is 52.4 Å². The number of carbonyl (C=O) groups excluding carboxylic acids is 1. The van der Waals surface area contributed by atoms with Crippen molar-refractivity contribution in [3.05, 3.63) is 0 Å². The zero-order chi connectivity index (χ0) is 9.03. The van der Waals surface area contributed by atoms with E-state index in [1.54, 1.807) is 0 Å². The van der Waals surface area contributed by atoms with E-state index in [-0.39, 0.29) is 0 Å². The van der Waals surface area contributed by atoms with Gasteiger partial charge in [-0.25, -0.2) is 0 Å². The van der Waals surface area contributed by atoms with Gasteiger partial charge in [-0.05, 0) is 30.6 Å². The highest BCUT2D eigenvalue weighted by Gasteiger charge is 2.44. The predicted octanol–water partition coefficient (Wildman–Crippen LogP) is 3.18. The first-order valence-corrected chi connectivity index (χ1v) is 5.10. The fraction of sp³-hybridized carbons (Fsp3) is 0.909. The van der Waals surface area contributed by atoms with E-state index in [0.717, 1.165) is 25.0 Å². The van der Waals surface area contributed by atoms with Gasteiger partial charge in [-0.3, -0.25) is 0 Å². The van der Waals surface area contributed by atoms with E-state index in [4.69, 9.17) is 0 Å². The summed E-state index contributed by atoms with van der Waals surface area (Å²) >= 11 is 0. The highest BCUT2D eigenvalue weighted by Crippen LogP contribution is 2.54. The second kappa shape index (κ2) is 4.06. The Kier molecular flexibility index (Phi) is 3.30. The third-order valence-corrected chi connectivity index (χ3v) is 3.09. The van der Waals surface area contributed by atoms with E-state index < -0.39 is 0 Å². The van der Waals surface area contributed by atoms with Gasteiger partial charge in [-0.1, -0.05) is 26.7 Å². The maximum absolute atomic E-state index is 10.0. The van der Waals surface area contributed by atoms with Crippen LogP contribution in [0.5, 0.6) is 0 Å². The molecule has 0 aromatic carbocycles. The van der Waals surface area contributed by atoms with Crippen molar-refractivity contribution < 1.29 is 4.79 Å². The molecule has 1 rings (SSSR count). The Hall–Kier alpha value is -0.330. The summed E-state index contributed by atoms with van der Waals surface area (Å²) in [6.45, 7) is 4.70. The molecule has 0 amide bonds. The van der Waals surface area contributed by atoms with Crippen LogP contribution in [0, 0.1) is 11.3 Å². The molecule has 0 bridgehead atoms. The SMILES string of the molecule is CC1(C)CC1CCCCCC=O. The molecule has 1 aliphatic rings. The van der Waals surface area contributed by atoms with Crippen LogP contribution in [-0.2, 0) is 4.79 Å². The van der Waals surface area contributed by atoms with Crippen molar-refractivity contribution in [2.75, 3.05) is 0 Å². The van der Waals surface area contributed by atoms with E-state index in [2.05, 4.69) is 13.8 Å². The van der Waals surface area contributed by atoms with Gasteiger partial charge < -0.3 is 4.79 Å². The van der Waals surface area contributed by atoms with E-state index in [1.165, 1.54) is 25.7 Å². The maximum atomic E-state index is 10.0. The summed E-state index contributed by atoms with van der Waals surface area (Å²) < 4.78 is 0.